The number of aromatic nitrogens is 1. The first-order chi connectivity index (χ1) is 15.3. The van der Waals surface area contributed by atoms with E-state index in [4.69, 9.17) is 9.47 Å². The Morgan fingerprint density at radius 3 is 2.47 bits per heavy atom. The van der Waals surface area contributed by atoms with Gasteiger partial charge < -0.3 is 9.47 Å². The topological polar surface area (TPSA) is 87.0 Å². The van der Waals surface area contributed by atoms with Crippen molar-refractivity contribution >= 4 is 40.7 Å². The number of nitrogens with zero attached hydrogens (tertiary/aromatic N) is 2. The highest BCUT2D eigenvalue weighted by Gasteiger charge is 2.33. The fraction of sp³-hybridized carbons (Fsp3) is 0.217. The van der Waals surface area contributed by atoms with Gasteiger partial charge in [-0.15, -0.1) is 11.3 Å². The largest absolute Gasteiger partial charge is 0.466 e. The van der Waals surface area contributed by atoms with Gasteiger partial charge in [-0.2, -0.15) is 0 Å². The number of thiazole rings is 1. The lowest BCUT2D eigenvalue weighted by Crippen LogP contribution is -2.39. The highest BCUT2D eigenvalue weighted by Crippen LogP contribution is 2.31. The third kappa shape index (κ3) is 3.96. The molecule has 0 fully saturated rings. The molecule has 2 aromatic heterocycles. The van der Waals surface area contributed by atoms with Gasteiger partial charge in [-0.25, -0.2) is 9.79 Å². The monoisotopic (exact) mass is 468 g/mol. The maximum absolute atomic E-state index is 13.5. The van der Waals surface area contributed by atoms with Gasteiger partial charge in [0.05, 0.1) is 29.0 Å². The van der Waals surface area contributed by atoms with Gasteiger partial charge in [-0.3, -0.25) is 14.2 Å². The van der Waals surface area contributed by atoms with Crippen LogP contribution in [0.15, 0.2) is 56.8 Å². The predicted octanol–water partition coefficient (Wildman–Crippen LogP) is 2.70. The number of benzene rings is 1. The number of rotatable bonds is 4. The summed E-state index contributed by atoms with van der Waals surface area (Å²) in [5, 5.41) is 1.98. The van der Waals surface area contributed by atoms with Crippen LogP contribution in [0.2, 0.25) is 0 Å². The number of hydrogen-bond acceptors (Lipinski definition) is 8. The van der Waals surface area contributed by atoms with Crippen LogP contribution in [0.4, 0.5) is 0 Å². The van der Waals surface area contributed by atoms with Crippen LogP contribution < -0.4 is 19.6 Å². The third-order valence-corrected chi connectivity index (χ3v) is 7.00. The lowest BCUT2D eigenvalue weighted by molar-refractivity contribution is -0.136. The van der Waals surface area contributed by atoms with Gasteiger partial charge in [0.25, 0.3) is 5.56 Å². The SMILES string of the molecule is COC(=O)C1=C(C)N=c2s/c(=C/c3sccc3C)c(=O)n2C1c1ccc(OC(C)=O)cc1. The van der Waals surface area contributed by atoms with E-state index in [0.717, 1.165) is 10.4 Å². The Hall–Kier alpha value is -3.30. The highest BCUT2D eigenvalue weighted by atomic mass is 32.1. The van der Waals surface area contributed by atoms with Crippen molar-refractivity contribution in [3.8, 4) is 5.75 Å². The number of hydrogen-bond donors (Lipinski definition) is 0. The van der Waals surface area contributed by atoms with Gasteiger partial charge in [-0.1, -0.05) is 23.5 Å². The Morgan fingerprint density at radius 2 is 1.88 bits per heavy atom. The number of thiophene rings is 1. The molecule has 0 N–H and O–H groups in total. The molecule has 3 aromatic rings. The van der Waals surface area contributed by atoms with Crippen LogP contribution >= 0.6 is 22.7 Å². The predicted molar refractivity (Wildman–Crippen MR) is 123 cm³/mol. The molecule has 0 bridgehead atoms. The summed E-state index contributed by atoms with van der Waals surface area (Å²) in [6, 6.07) is 8.01. The van der Waals surface area contributed by atoms with E-state index in [1.54, 1.807) is 42.5 Å². The lowest BCUT2D eigenvalue weighted by atomic mass is 9.96. The summed E-state index contributed by atoms with van der Waals surface area (Å²) >= 11 is 2.84. The van der Waals surface area contributed by atoms with E-state index in [1.165, 1.54) is 29.9 Å². The molecular weight excluding hydrogens is 448 g/mol. The van der Waals surface area contributed by atoms with Crippen LogP contribution in [0, 0.1) is 6.92 Å². The lowest BCUT2D eigenvalue weighted by Gasteiger charge is -2.24. The molecule has 3 heterocycles. The van der Waals surface area contributed by atoms with Gasteiger partial charge >= 0.3 is 11.9 Å². The molecule has 9 heteroatoms. The summed E-state index contributed by atoms with van der Waals surface area (Å²) in [4.78, 5) is 43.4. The van der Waals surface area contributed by atoms with Crippen molar-refractivity contribution in [2.75, 3.05) is 7.11 Å². The molecule has 1 atom stereocenters. The number of methoxy groups -OCH3 is 1. The van der Waals surface area contributed by atoms with Crippen LogP contribution in [0.25, 0.3) is 6.08 Å². The number of ether oxygens (including phenoxy) is 2. The summed E-state index contributed by atoms with van der Waals surface area (Å²) in [7, 11) is 1.30. The van der Waals surface area contributed by atoms with Crippen molar-refractivity contribution in [2.45, 2.75) is 26.8 Å². The normalized spacial score (nSPS) is 15.9. The number of aryl methyl sites for hydroxylation is 1. The van der Waals surface area contributed by atoms with Gasteiger partial charge in [0.2, 0.25) is 0 Å². The zero-order valence-electron chi connectivity index (χ0n) is 17.9. The Labute approximate surface area is 191 Å². The van der Waals surface area contributed by atoms with Crippen LogP contribution in [-0.2, 0) is 14.3 Å². The molecule has 0 aliphatic carbocycles. The molecule has 0 saturated carbocycles. The average Bonchev–Trinajstić information content (AvgIpc) is 3.29. The fourth-order valence-electron chi connectivity index (χ4n) is 3.54. The first-order valence-electron chi connectivity index (χ1n) is 9.73. The second-order valence-corrected chi connectivity index (χ2v) is 9.16. The molecular formula is C23H20N2O5S2. The van der Waals surface area contributed by atoms with Crippen LogP contribution in [0.5, 0.6) is 5.75 Å². The molecule has 0 saturated heterocycles. The molecule has 4 rings (SSSR count). The van der Waals surface area contributed by atoms with Gasteiger partial charge in [0, 0.05) is 11.8 Å². The van der Waals surface area contributed by atoms with Gasteiger partial charge in [0.15, 0.2) is 4.80 Å². The van der Waals surface area contributed by atoms with E-state index in [0.29, 0.717) is 31.9 Å². The number of esters is 2. The molecule has 0 amide bonds. The number of fused-ring (bicyclic) bond motifs is 1. The second-order valence-electron chi connectivity index (χ2n) is 7.20. The summed E-state index contributed by atoms with van der Waals surface area (Å²) in [6.45, 7) is 5.04. The highest BCUT2D eigenvalue weighted by molar-refractivity contribution is 7.11. The molecule has 1 aliphatic rings. The molecule has 0 spiro atoms. The minimum absolute atomic E-state index is 0.232. The molecule has 164 valence electrons. The third-order valence-electron chi connectivity index (χ3n) is 5.05. The van der Waals surface area contributed by atoms with Crippen LogP contribution in [0.1, 0.15) is 35.9 Å². The standard InChI is InChI=1S/C23H20N2O5S2/c1-12-9-10-31-17(12)11-18-21(27)25-20(15-5-7-16(8-6-15)30-14(3)26)19(22(28)29-4)13(2)24-23(25)32-18/h5-11,20H,1-4H3/b18-11+. The minimum Gasteiger partial charge on any atom is -0.466 e. The molecule has 0 radical (unpaired) electrons. The van der Waals surface area contributed by atoms with Crippen molar-refractivity contribution in [2.24, 2.45) is 4.99 Å². The van der Waals surface area contributed by atoms with E-state index < -0.39 is 18.0 Å². The molecule has 1 aliphatic heterocycles. The fourth-order valence-corrected chi connectivity index (χ4v) is 5.51. The molecule has 1 unspecified atom stereocenters. The Bertz CT molecular complexity index is 1420. The Kier molecular flexibility index (Phi) is 5.94. The van der Waals surface area contributed by atoms with Crippen molar-refractivity contribution < 1.29 is 19.1 Å². The van der Waals surface area contributed by atoms with Crippen molar-refractivity contribution in [3.05, 3.63) is 82.7 Å². The van der Waals surface area contributed by atoms with E-state index >= 15 is 0 Å². The first kappa shape index (κ1) is 21.9. The number of carbonyl (C=O) groups is 2. The first-order valence-corrected chi connectivity index (χ1v) is 11.4. The summed E-state index contributed by atoms with van der Waals surface area (Å²) < 4.78 is 12.2. The minimum atomic E-state index is -0.711. The summed E-state index contributed by atoms with van der Waals surface area (Å²) in [5.41, 5.74) is 2.31. The van der Waals surface area contributed by atoms with Crippen molar-refractivity contribution in [1.29, 1.82) is 0 Å². The quantitative estimate of drug-likeness (QED) is 0.434. The smallest absolute Gasteiger partial charge is 0.338 e. The van der Waals surface area contributed by atoms with E-state index in [-0.39, 0.29) is 5.56 Å². The zero-order chi connectivity index (χ0) is 23.0. The van der Waals surface area contributed by atoms with E-state index in [9.17, 15) is 14.4 Å². The van der Waals surface area contributed by atoms with Crippen LogP contribution in [-0.4, -0.2) is 23.6 Å². The molecule has 1 aromatic carbocycles. The number of allylic oxidation sites excluding steroid dienone is 1. The second kappa shape index (κ2) is 8.68. The molecule has 32 heavy (non-hydrogen) atoms. The van der Waals surface area contributed by atoms with Gasteiger partial charge in [0.1, 0.15) is 5.75 Å². The maximum Gasteiger partial charge on any atom is 0.338 e. The number of carbonyl (C=O) groups excluding carboxylic acids is 2. The molecule has 7 nitrogen and oxygen atoms in total. The average molecular weight is 469 g/mol. The van der Waals surface area contributed by atoms with Crippen LogP contribution in [0.3, 0.4) is 0 Å². The summed E-state index contributed by atoms with van der Waals surface area (Å²) in [5.74, 6) is -0.605. The van der Waals surface area contributed by atoms with Crippen molar-refractivity contribution in [3.63, 3.8) is 0 Å². The maximum atomic E-state index is 13.5. The van der Waals surface area contributed by atoms with E-state index in [2.05, 4.69) is 4.99 Å². The summed E-state index contributed by atoms with van der Waals surface area (Å²) in [6.07, 6.45) is 1.86. The zero-order valence-corrected chi connectivity index (χ0v) is 19.5. The van der Waals surface area contributed by atoms with E-state index in [1.807, 2.05) is 24.4 Å². The Balaban J connectivity index is 1.92. The Morgan fingerprint density at radius 1 is 1.16 bits per heavy atom. The van der Waals surface area contributed by atoms with Gasteiger partial charge in [-0.05, 0) is 54.6 Å². The van der Waals surface area contributed by atoms with Crippen molar-refractivity contribution in [1.82, 2.24) is 4.57 Å².